The lowest BCUT2D eigenvalue weighted by Gasteiger charge is -2.07. The van der Waals surface area contributed by atoms with Gasteiger partial charge < -0.3 is 0 Å². The van der Waals surface area contributed by atoms with E-state index >= 15 is 0 Å². The number of hydrogen-bond donors (Lipinski definition) is 0. The Labute approximate surface area is 167 Å². The van der Waals surface area contributed by atoms with Crippen molar-refractivity contribution in [2.75, 3.05) is 5.75 Å². The number of nitrogens with zero attached hydrogens (tertiary/aromatic N) is 3. The number of benzene rings is 1. The molecule has 1 heterocycles. The largest absolute Gasteiger partial charge is 0.274 e. The van der Waals surface area contributed by atoms with Crippen LogP contribution in [0.1, 0.15) is 77.0 Å². The Bertz CT molecular complexity index is 599. The Kier molecular flexibility index (Phi) is 10.9. The highest BCUT2D eigenvalue weighted by molar-refractivity contribution is 8.76. The van der Waals surface area contributed by atoms with Gasteiger partial charge in [0.2, 0.25) is 5.16 Å². The fourth-order valence-corrected chi connectivity index (χ4v) is 5.15. The number of unbranched alkanes of at least 4 members (excludes halogenated alkanes) is 9. The molecule has 1 aromatic carbocycles. The van der Waals surface area contributed by atoms with Crippen molar-refractivity contribution in [3.63, 3.8) is 0 Å². The number of aryl methyl sites for hydroxylation is 1. The van der Waals surface area contributed by atoms with E-state index in [1.807, 2.05) is 23.8 Å². The predicted molar refractivity (Wildman–Crippen MR) is 116 cm³/mol. The number of para-hydroxylation sites is 1. The van der Waals surface area contributed by atoms with Crippen LogP contribution in [0.5, 0.6) is 0 Å². The minimum absolute atomic E-state index is 0.943. The van der Waals surface area contributed by atoms with Crippen molar-refractivity contribution >= 4 is 21.6 Å². The highest BCUT2D eigenvalue weighted by Crippen LogP contribution is 2.32. The smallest absolute Gasteiger partial charge is 0.206 e. The predicted octanol–water partition coefficient (Wildman–Crippen LogP) is 7.24. The normalized spacial score (nSPS) is 11.2. The lowest BCUT2D eigenvalue weighted by Crippen LogP contribution is -1.97. The first-order chi connectivity index (χ1) is 12.8. The van der Waals surface area contributed by atoms with Crippen molar-refractivity contribution in [3.8, 4) is 5.69 Å². The Morgan fingerprint density at radius 3 is 2.08 bits per heavy atom. The molecule has 0 atom stereocenters. The zero-order valence-electron chi connectivity index (χ0n) is 16.3. The molecule has 0 aliphatic carbocycles. The second-order valence-electron chi connectivity index (χ2n) is 6.79. The molecule has 0 spiro atoms. The van der Waals surface area contributed by atoms with Gasteiger partial charge in [-0.25, -0.2) is 0 Å². The summed E-state index contributed by atoms with van der Waals surface area (Å²) in [6, 6.07) is 10.4. The van der Waals surface area contributed by atoms with Crippen LogP contribution in [0.3, 0.4) is 0 Å². The summed E-state index contributed by atoms with van der Waals surface area (Å²) in [5, 5.41) is 9.56. The quantitative estimate of drug-likeness (QED) is 0.251. The lowest BCUT2D eigenvalue weighted by atomic mass is 10.1. The lowest BCUT2D eigenvalue weighted by molar-refractivity contribution is 0.563. The molecule has 0 bridgehead atoms. The van der Waals surface area contributed by atoms with Gasteiger partial charge in [-0.05, 0) is 36.3 Å². The van der Waals surface area contributed by atoms with Crippen molar-refractivity contribution in [2.45, 2.75) is 83.2 Å². The molecule has 0 N–H and O–H groups in total. The van der Waals surface area contributed by atoms with Gasteiger partial charge in [0.05, 0.1) is 0 Å². The van der Waals surface area contributed by atoms with Crippen molar-refractivity contribution in [1.82, 2.24) is 14.8 Å². The van der Waals surface area contributed by atoms with Crippen LogP contribution in [0.4, 0.5) is 0 Å². The summed E-state index contributed by atoms with van der Waals surface area (Å²) in [4.78, 5) is 0. The van der Waals surface area contributed by atoms with Crippen LogP contribution in [0.15, 0.2) is 35.5 Å². The van der Waals surface area contributed by atoms with Crippen LogP contribution in [-0.2, 0) is 0 Å². The molecule has 0 aliphatic rings. The number of hydrogen-bond acceptors (Lipinski definition) is 4. The van der Waals surface area contributed by atoms with Gasteiger partial charge in [0.1, 0.15) is 5.82 Å². The summed E-state index contributed by atoms with van der Waals surface area (Å²) in [5.74, 6) is 2.13. The minimum atomic E-state index is 0.943. The van der Waals surface area contributed by atoms with Gasteiger partial charge in [-0.2, -0.15) is 0 Å². The average molecular weight is 392 g/mol. The van der Waals surface area contributed by atoms with Gasteiger partial charge in [0, 0.05) is 11.4 Å². The molecule has 2 rings (SSSR count). The molecule has 0 saturated heterocycles. The molecule has 3 nitrogen and oxygen atoms in total. The molecule has 0 amide bonds. The zero-order chi connectivity index (χ0) is 18.5. The Balaban J connectivity index is 1.56. The van der Waals surface area contributed by atoms with Gasteiger partial charge >= 0.3 is 0 Å². The Morgan fingerprint density at radius 1 is 0.808 bits per heavy atom. The summed E-state index contributed by atoms with van der Waals surface area (Å²) in [7, 11) is 3.65. The fourth-order valence-electron chi connectivity index (χ4n) is 3.01. The van der Waals surface area contributed by atoms with Crippen molar-refractivity contribution < 1.29 is 0 Å². The fraction of sp³-hybridized carbons (Fsp3) is 0.619. The van der Waals surface area contributed by atoms with Crippen LogP contribution < -0.4 is 0 Å². The first-order valence-corrected chi connectivity index (χ1v) is 12.4. The van der Waals surface area contributed by atoms with E-state index < -0.39 is 0 Å². The van der Waals surface area contributed by atoms with E-state index in [1.54, 1.807) is 10.8 Å². The molecule has 2 aromatic rings. The highest BCUT2D eigenvalue weighted by Gasteiger charge is 2.11. The maximum Gasteiger partial charge on any atom is 0.206 e. The van der Waals surface area contributed by atoms with E-state index in [1.165, 1.54) is 70.0 Å². The molecular weight excluding hydrogens is 358 g/mol. The summed E-state index contributed by atoms with van der Waals surface area (Å²) in [6.07, 6.45) is 13.9. The third-order valence-electron chi connectivity index (χ3n) is 4.52. The Hall–Kier alpha value is -0.940. The topological polar surface area (TPSA) is 30.7 Å². The van der Waals surface area contributed by atoms with E-state index in [0.717, 1.165) is 16.7 Å². The van der Waals surface area contributed by atoms with E-state index in [9.17, 15) is 0 Å². The van der Waals surface area contributed by atoms with Crippen LogP contribution in [0.25, 0.3) is 5.69 Å². The van der Waals surface area contributed by atoms with E-state index in [2.05, 4.69) is 46.0 Å². The Morgan fingerprint density at radius 2 is 1.42 bits per heavy atom. The molecule has 1 aromatic heterocycles. The zero-order valence-corrected chi connectivity index (χ0v) is 18.0. The van der Waals surface area contributed by atoms with Gasteiger partial charge in [-0.1, -0.05) is 93.7 Å². The van der Waals surface area contributed by atoms with Crippen molar-refractivity contribution in [1.29, 1.82) is 0 Å². The second kappa shape index (κ2) is 13.3. The second-order valence-corrected chi connectivity index (χ2v) is 9.17. The highest BCUT2D eigenvalue weighted by atomic mass is 33.1. The minimum Gasteiger partial charge on any atom is -0.274 e. The van der Waals surface area contributed by atoms with Gasteiger partial charge in [-0.15, -0.1) is 10.2 Å². The summed E-state index contributed by atoms with van der Waals surface area (Å²) >= 11 is 0. The molecular formula is C21H33N3S2. The molecule has 0 unspecified atom stereocenters. The summed E-state index contributed by atoms with van der Waals surface area (Å²) in [6.45, 7) is 4.29. The van der Waals surface area contributed by atoms with Crippen LogP contribution in [0, 0.1) is 6.92 Å². The van der Waals surface area contributed by atoms with Crippen LogP contribution in [-0.4, -0.2) is 20.5 Å². The van der Waals surface area contributed by atoms with Gasteiger partial charge in [-0.3, -0.25) is 4.57 Å². The van der Waals surface area contributed by atoms with E-state index in [-0.39, 0.29) is 0 Å². The SMILES string of the molecule is CCCCCCCCCCCCSSc1nnc(C)n1-c1ccccc1. The molecule has 0 saturated carbocycles. The summed E-state index contributed by atoms with van der Waals surface area (Å²) in [5.41, 5.74) is 1.14. The first kappa shape index (κ1) is 21.4. The van der Waals surface area contributed by atoms with Crippen LogP contribution >= 0.6 is 21.6 Å². The molecule has 0 aliphatic heterocycles. The van der Waals surface area contributed by atoms with Crippen molar-refractivity contribution in [3.05, 3.63) is 36.2 Å². The molecule has 144 valence electrons. The number of rotatable bonds is 14. The maximum atomic E-state index is 4.34. The average Bonchev–Trinajstić information content (AvgIpc) is 3.04. The molecule has 26 heavy (non-hydrogen) atoms. The third kappa shape index (κ3) is 7.75. The van der Waals surface area contributed by atoms with Gasteiger partial charge in [0.15, 0.2) is 0 Å². The summed E-state index contributed by atoms with van der Waals surface area (Å²) < 4.78 is 2.14. The first-order valence-electron chi connectivity index (χ1n) is 10.1. The molecule has 0 radical (unpaired) electrons. The van der Waals surface area contributed by atoms with Crippen molar-refractivity contribution in [2.24, 2.45) is 0 Å². The van der Waals surface area contributed by atoms with E-state index in [0.29, 0.717) is 0 Å². The number of aromatic nitrogens is 3. The van der Waals surface area contributed by atoms with Gasteiger partial charge in [0.25, 0.3) is 0 Å². The third-order valence-corrected chi connectivity index (χ3v) is 6.81. The maximum absolute atomic E-state index is 4.34. The van der Waals surface area contributed by atoms with E-state index in [4.69, 9.17) is 0 Å². The monoisotopic (exact) mass is 391 g/mol. The van der Waals surface area contributed by atoms with Crippen LogP contribution in [0.2, 0.25) is 0 Å². The standard InChI is InChI=1S/C21H33N3S2/c1-3-4-5-6-7-8-9-10-11-15-18-25-26-21-23-22-19(2)24(21)20-16-13-12-14-17-20/h12-14,16-17H,3-11,15,18H2,1-2H3. The molecule has 5 heteroatoms. The molecule has 0 fully saturated rings.